The zero-order valence-corrected chi connectivity index (χ0v) is 10.8. The van der Waals surface area contributed by atoms with Crippen molar-refractivity contribution in [1.82, 2.24) is 10.4 Å². The van der Waals surface area contributed by atoms with Gasteiger partial charge in [-0.15, -0.1) is 0 Å². The Morgan fingerprint density at radius 2 is 2.00 bits per heavy atom. The predicted molar refractivity (Wildman–Crippen MR) is 69.6 cm³/mol. The average Bonchev–Trinajstić information content (AvgIpc) is 2.40. The number of likely N-dealkylation sites (tertiary alicyclic amines) is 1. The molecule has 1 saturated heterocycles. The van der Waals surface area contributed by atoms with Crippen molar-refractivity contribution in [2.45, 2.75) is 32.4 Å². The summed E-state index contributed by atoms with van der Waals surface area (Å²) in [5.41, 5.74) is 4.25. The highest BCUT2D eigenvalue weighted by Crippen LogP contribution is 2.10. The van der Waals surface area contributed by atoms with E-state index >= 15 is 0 Å². The van der Waals surface area contributed by atoms with E-state index in [4.69, 9.17) is 4.84 Å². The summed E-state index contributed by atoms with van der Waals surface area (Å²) in [6, 6.07) is 10.4. The third kappa shape index (κ3) is 3.82. The van der Waals surface area contributed by atoms with Crippen LogP contribution in [0.5, 0.6) is 0 Å². The maximum absolute atomic E-state index is 11.2. The van der Waals surface area contributed by atoms with Crippen LogP contribution >= 0.6 is 0 Å². The molecule has 1 aliphatic heterocycles. The van der Waals surface area contributed by atoms with E-state index in [2.05, 4.69) is 5.48 Å². The number of carbonyl (C=O) groups is 1. The van der Waals surface area contributed by atoms with E-state index in [1.54, 1.807) is 6.92 Å². The van der Waals surface area contributed by atoms with Crippen LogP contribution in [-0.2, 0) is 16.2 Å². The number of hydrogen-bond donors (Lipinski definition) is 1. The Hall–Kier alpha value is -1.39. The van der Waals surface area contributed by atoms with Crippen molar-refractivity contribution in [2.24, 2.45) is 0 Å². The molecule has 0 spiro atoms. The van der Waals surface area contributed by atoms with Crippen LogP contribution in [0.1, 0.15) is 25.3 Å². The molecule has 1 heterocycles. The van der Waals surface area contributed by atoms with E-state index in [0.717, 1.165) is 31.5 Å². The van der Waals surface area contributed by atoms with Crippen molar-refractivity contribution in [3.63, 3.8) is 0 Å². The first-order valence-corrected chi connectivity index (χ1v) is 6.42. The molecule has 4 nitrogen and oxygen atoms in total. The van der Waals surface area contributed by atoms with Crippen LogP contribution in [0.4, 0.5) is 0 Å². The summed E-state index contributed by atoms with van der Waals surface area (Å²) in [5, 5.41) is 0. The zero-order valence-electron chi connectivity index (χ0n) is 10.8. The summed E-state index contributed by atoms with van der Waals surface area (Å²) < 4.78 is 0. The number of hydroxylamine groups is 1. The lowest BCUT2D eigenvalue weighted by molar-refractivity contribution is -0.130. The van der Waals surface area contributed by atoms with Gasteiger partial charge in [0, 0.05) is 26.1 Å². The number of piperidine rings is 1. The molecule has 0 aliphatic carbocycles. The minimum absolute atomic E-state index is 0.165. The Bertz CT molecular complexity index is 373. The second kappa shape index (κ2) is 6.52. The summed E-state index contributed by atoms with van der Waals surface area (Å²) in [6.07, 6.45) is 1.91. The van der Waals surface area contributed by atoms with Gasteiger partial charge >= 0.3 is 0 Å². The second-order valence-electron chi connectivity index (χ2n) is 4.67. The van der Waals surface area contributed by atoms with Crippen LogP contribution < -0.4 is 5.48 Å². The molecular formula is C14H20N2O2. The van der Waals surface area contributed by atoms with Gasteiger partial charge in [-0.1, -0.05) is 30.3 Å². The molecule has 1 amide bonds. The Balaban J connectivity index is 1.65. The Labute approximate surface area is 108 Å². The summed E-state index contributed by atoms with van der Waals surface area (Å²) >= 11 is 0. The first-order chi connectivity index (χ1) is 8.75. The van der Waals surface area contributed by atoms with Gasteiger partial charge in [-0.05, 0) is 18.4 Å². The van der Waals surface area contributed by atoms with Crippen molar-refractivity contribution >= 4 is 5.91 Å². The molecule has 0 radical (unpaired) electrons. The SMILES string of the molecule is CC(=O)N1CCC(NOCc2ccccc2)CC1. The monoisotopic (exact) mass is 248 g/mol. The van der Waals surface area contributed by atoms with E-state index in [1.807, 2.05) is 35.2 Å². The van der Waals surface area contributed by atoms with Crippen molar-refractivity contribution < 1.29 is 9.63 Å². The highest BCUT2D eigenvalue weighted by Gasteiger charge is 2.20. The fraction of sp³-hybridized carbons (Fsp3) is 0.500. The maximum Gasteiger partial charge on any atom is 0.219 e. The van der Waals surface area contributed by atoms with Gasteiger partial charge in [0.05, 0.1) is 6.61 Å². The molecule has 2 rings (SSSR count). The van der Waals surface area contributed by atoms with Crippen LogP contribution in [0.15, 0.2) is 30.3 Å². The summed E-state index contributed by atoms with van der Waals surface area (Å²) in [5.74, 6) is 0.165. The van der Waals surface area contributed by atoms with Gasteiger partial charge in [0.2, 0.25) is 5.91 Å². The quantitative estimate of drug-likeness (QED) is 0.825. The molecular weight excluding hydrogens is 228 g/mol. The molecule has 98 valence electrons. The van der Waals surface area contributed by atoms with E-state index in [0.29, 0.717) is 12.6 Å². The predicted octanol–water partition coefficient (Wildman–Crippen LogP) is 1.72. The number of benzene rings is 1. The molecule has 1 N–H and O–H groups in total. The van der Waals surface area contributed by atoms with Crippen LogP contribution in [0.2, 0.25) is 0 Å². The molecule has 18 heavy (non-hydrogen) atoms. The minimum atomic E-state index is 0.165. The van der Waals surface area contributed by atoms with Gasteiger partial charge in [0.1, 0.15) is 0 Å². The molecule has 1 aliphatic rings. The Morgan fingerprint density at radius 3 is 2.61 bits per heavy atom. The molecule has 0 aromatic heterocycles. The number of hydrogen-bond acceptors (Lipinski definition) is 3. The van der Waals surface area contributed by atoms with E-state index < -0.39 is 0 Å². The highest BCUT2D eigenvalue weighted by atomic mass is 16.6. The van der Waals surface area contributed by atoms with Crippen molar-refractivity contribution in [3.05, 3.63) is 35.9 Å². The molecule has 1 fully saturated rings. The smallest absolute Gasteiger partial charge is 0.219 e. The number of amides is 1. The third-order valence-electron chi connectivity index (χ3n) is 3.27. The van der Waals surface area contributed by atoms with Gasteiger partial charge < -0.3 is 4.90 Å². The van der Waals surface area contributed by atoms with E-state index in [-0.39, 0.29) is 5.91 Å². The normalized spacial score (nSPS) is 16.8. The number of rotatable bonds is 4. The molecule has 1 aromatic rings. The molecule has 0 atom stereocenters. The zero-order chi connectivity index (χ0) is 12.8. The standard InChI is InChI=1S/C14H20N2O2/c1-12(17)16-9-7-14(8-10-16)15-18-11-13-5-3-2-4-6-13/h2-6,14-15H,7-11H2,1H3. The van der Waals surface area contributed by atoms with E-state index in [1.165, 1.54) is 0 Å². The topological polar surface area (TPSA) is 41.6 Å². The minimum Gasteiger partial charge on any atom is -0.343 e. The van der Waals surface area contributed by atoms with Crippen LogP contribution in [0.25, 0.3) is 0 Å². The van der Waals surface area contributed by atoms with E-state index in [9.17, 15) is 4.79 Å². The summed E-state index contributed by atoms with van der Waals surface area (Å²) in [6.45, 7) is 3.84. The molecule has 0 saturated carbocycles. The molecule has 0 bridgehead atoms. The Morgan fingerprint density at radius 1 is 1.33 bits per heavy atom. The highest BCUT2D eigenvalue weighted by molar-refractivity contribution is 5.73. The van der Waals surface area contributed by atoms with Crippen LogP contribution in [-0.4, -0.2) is 29.9 Å². The maximum atomic E-state index is 11.2. The van der Waals surface area contributed by atoms with Gasteiger partial charge in [0.25, 0.3) is 0 Å². The third-order valence-corrected chi connectivity index (χ3v) is 3.27. The first-order valence-electron chi connectivity index (χ1n) is 6.42. The molecule has 4 heteroatoms. The summed E-state index contributed by atoms with van der Waals surface area (Å²) in [4.78, 5) is 18.6. The number of carbonyl (C=O) groups excluding carboxylic acids is 1. The lowest BCUT2D eigenvalue weighted by Gasteiger charge is -2.31. The van der Waals surface area contributed by atoms with Gasteiger partial charge in [-0.25, -0.2) is 0 Å². The lowest BCUT2D eigenvalue weighted by Crippen LogP contribution is -2.44. The fourth-order valence-corrected chi connectivity index (χ4v) is 2.13. The van der Waals surface area contributed by atoms with Crippen LogP contribution in [0, 0.1) is 0 Å². The first kappa shape index (κ1) is 13.1. The molecule has 1 aromatic carbocycles. The Kier molecular flexibility index (Phi) is 4.73. The number of nitrogens with one attached hydrogen (secondary N) is 1. The van der Waals surface area contributed by atoms with Gasteiger partial charge in [0.15, 0.2) is 0 Å². The number of nitrogens with zero attached hydrogens (tertiary/aromatic N) is 1. The van der Waals surface area contributed by atoms with Gasteiger partial charge in [-0.3, -0.25) is 9.63 Å². The fourth-order valence-electron chi connectivity index (χ4n) is 2.13. The van der Waals surface area contributed by atoms with Crippen molar-refractivity contribution in [3.8, 4) is 0 Å². The van der Waals surface area contributed by atoms with Crippen molar-refractivity contribution in [2.75, 3.05) is 13.1 Å². The molecule has 0 unspecified atom stereocenters. The second-order valence-corrected chi connectivity index (χ2v) is 4.67. The average molecular weight is 248 g/mol. The van der Waals surface area contributed by atoms with Crippen molar-refractivity contribution in [1.29, 1.82) is 0 Å². The van der Waals surface area contributed by atoms with Crippen LogP contribution in [0.3, 0.4) is 0 Å². The largest absolute Gasteiger partial charge is 0.343 e. The summed E-state index contributed by atoms with van der Waals surface area (Å²) in [7, 11) is 0. The van der Waals surface area contributed by atoms with Gasteiger partial charge in [-0.2, -0.15) is 5.48 Å². The lowest BCUT2D eigenvalue weighted by atomic mass is 10.1.